The van der Waals surface area contributed by atoms with E-state index in [2.05, 4.69) is 19.6 Å². The van der Waals surface area contributed by atoms with Crippen LogP contribution in [0.3, 0.4) is 0 Å². The highest BCUT2D eigenvalue weighted by Crippen LogP contribution is 2.47. The van der Waals surface area contributed by atoms with Crippen LogP contribution in [0.2, 0.25) is 19.6 Å². The van der Waals surface area contributed by atoms with Crippen molar-refractivity contribution in [2.75, 3.05) is 0 Å². The first kappa shape index (κ1) is 20.3. The van der Waals surface area contributed by atoms with Gasteiger partial charge in [-0.05, 0) is 49.7 Å². The average molecular weight is 403 g/mol. The van der Waals surface area contributed by atoms with Gasteiger partial charge in [-0.3, -0.25) is 9.59 Å². The van der Waals surface area contributed by atoms with Crippen molar-refractivity contribution in [3.63, 3.8) is 0 Å². The van der Waals surface area contributed by atoms with Crippen LogP contribution in [0.15, 0.2) is 30.0 Å². The van der Waals surface area contributed by atoms with Gasteiger partial charge in [-0.2, -0.15) is 0 Å². The van der Waals surface area contributed by atoms with E-state index in [1.165, 1.54) is 4.90 Å². The zero-order chi connectivity index (χ0) is 20.8. The lowest BCUT2D eigenvalue weighted by Gasteiger charge is -2.47. The van der Waals surface area contributed by atoms with Gasteiger partial charge in [0.25, 0.3) is 0 Å². The Bertz CT molecular complexity index is 856. The van der Waals surface area contributed by atoms with Crippen LogP contribution in [0, 0.1) is 5.92 Å². The zero-order valence-corrected chi connectivity index (χ0v) is 17.6. The van der Waals surface area contributed by atoms with Crippen molar-refractivity contribution in [3.8, 4) is 0 Å². The number of β-lactam (4-membered cyclic amide) rings is 1. The van der Waals surface area contributed by atoms with E-state index in [0.717, 1.165) is 11.1 Å². The van der Waals surface area contributed by atoms with Gasteiger partial charge in [0.1, 0.15) is 5.70 Å². The number of amides is 2. The largest absolute Gasteiger partial charge is 0.477 e. The first-order valence-electron chi connectivity index (χ1n) is 9.34. The fourth-order valence-corrected chi connectivity index (χ4v) is 5.43. The van der Waals surface area contributed by atoms with E-state index in [1.54, 1.807) is 24.3 Å². The molecule has 0 aliphatic carbocycles. The number of nitrogens with zero attached hydrogens (tertiary/aromatic N) is 1. The Balaban J connectivity index is 1.86. The van der Waals surface area contributed by atoms with Crippen molar-refractivity contribution >= 4 is 31.7 Å². The third kappa shape index (κ3) is 3.74. The van der Waals surface area contributed by atoms with Gasteiger partial charge in [0.15, 0.2) is 8.32 Å². The molecule has 3 atom stereocenters. The number of nitrogens with two attached hydrogens (primary N) is 1. The molecule has 1 fully saturated rings. The number of primary amides is 1. The number of carbonyl (C=O) groups excluding carboxylic acids is 2. The summed E-state index contributed by atoms with van der Waals surface area (Å²) in [5, 5.41) is 9.73. The third-order valence-electron chi connectivity index (χ3n) is 5.14. The number of carboxylic acids is 1. The maximum Gasteiger partial charge on any atom is 0.352 e. The Hall–Kier alpha value is -2.45. The van der Waals surface area contributed by atoms with Gasteiger partial charge in [0.05, 0.1) is 24.5 Å². The normalized spacial score (nSPS) is 22.7. The van der Waals surface area contributed by atoms with Gasteiger partial charge in [-0.15, -0.1) is 0 Å². The van der Waals surface area contributed by atoms with Crippen LogP contribution in [0.1, 0.15) is 24.5 Å². The van der Waals surface area contributed by atoms with Crippen LogP contribution >= 0.6 is 0 Å². The number of aliphatic carboxylic acids is 1. The number of benzene rings is 1. The molecule has 2 heterocycles. The molecule has 0 saturated carbocycles. The molecule has 0 aromatic heterocycles. The minimum absolute atomic E-state index is 0.0501. The number of hydrogen-bond acceptors (Lipinski definition) is 4. The smallest absolute Gasteiger partial charge is 0.352 e. The second-order valence-corrected chi connectivity index (χ2v) is 12.9. The Morgan fingerprint density at radius 2 is 1.89 bits per heavy atom. The fourth-order valence-electron chi connectivity index (χ4n) is 4.17. The van der Waals surface area contributed by atoms with E-state index >= 15 is 0 Å². The number of hydrogen-bond donors (Lipinski definition) is 2. The summed E-state index contributed by atoms with van der Waals surface area (Å²) in [5.74, 6) is -2.04. The number of fused-ring (bicyclic) bond motifs is 1. The lowest BCUT2D eigenvalue weighted by Crippen LogP contribution is -2.63. The minimum atomic E-state index is -1.82. The number of carboxylic acid groups (broad SMARTS) is 1. The van der Waals surface area contributed by atoms with Crippen LogP contribution in [0.5, 0.6) is 0 Å². The molecule has 3 N–H and O–H groups in total. The standard InChI is InChI=1S/C20H26N2O5Si/c1-11(27-28(2,3)4)17-15-10-14(18(20(25)26)22(15)19(17)24)13-7-5-12(6-8-13)9-16(21)23/h5-8,11,15,17H,9-10H2,1-4H3,(H2,21,23)(H,25,26)/t11-,15-,17-/m1/s1. The van der Waals surface area contributed by atoms with Crippen molar-refractivity contribution < 1.29 is 23.9 Å². The molecule has 0 bridgehead atoms. The highest BCUT2D eigenvalue weighted by molar-refractivity contribution is 6.69. The van der Waals surface area contributed by atoms with Gasteiger partial charge in [-0.25, -0.2) is 4.79 Å². The molecule has 2 aliphatic rings. The van der Waals surface area contributed by atoms with Crippen molar-refractivity contribution in [1.29, 1.82) is 0 Å². The van der Waals surface area contributed by atoms with E-state index in [-0.39, 0.29) is 36.1 Å². The second kappa shape index (κ2) is 7.18. The van der Waals surface area contributed by atoms with Crippen molar-refractivity contribution in [2.24, 2.45) is 11.7 Å². The molecule has 8 heteroatoms. The minimum Gasteiger partial charge on any atom is -0.477 e. The summed E-state index contributed by atoms with van der Waals surface area (Å²) in [6, 6.07) is 6.90. The molecule has 2 amide bonds. The first-order valence-corrected chi connectivity index (χ1v) is 12.8. The molecule has 2 aliphatic heterocycles. The highest BCUT2D eigenvalue weighted by atomic mass is 28.4. The summed E-state index contributed by atoms with van der Waals surface area (Å²) in [4.78, 5) is 37.1. The van der Waals surface area contributed by atoms with E-state index < -0.39 is 20.2 Å². The topological polar surface area (TPSA) is 110 Å². The van der Waals surface area contributed by atoms with Crippen LogP contribution in [0.4, 0.5) is 0 Å². The molecule has 0 unspecified atom stereocenters. The van der Waals surface area contributed by atoms with Crippen LogP contribution < -0.4 is 5.73 Å². The van der Waals surface area contributed by atoms with Crippen molar-refractivity contribution in [3.05, 3.63) is 41.1 Å². The molecular weight excluding hydrogens is 376 g/mol. The maximum absolute atomic E-state index is 12.8. The fraction of sp³-hybridized carbons (Fsp3) is 0.450. The lowest BCUT2D eigenvalue weighted by atomic mass is 9.82. The molecule has 7 nitrogen and oxygen atoms in total. The summed E-state index contributed by atoms with van der Waals surface area (Å²) in [6.07, 6.45) is 0.367. The molecule has 1 saturated heterocycles. The average Bonchev–Trinajstić information content (AvgIpc) is 2.88. The first-order chi connectivity index (χ1) is 13.0. The summed E-state index contributed by atoms with van der Waals surface area (Å²) in [7, 11) is -1.82. The van der Waals surface area contributed by atoms with Gasteiger partial charge in [-0.1, -0.05) is 24.3 Å². The molecule has 28 heavy (non-hydrogen) atoms. The number of carbonyl (C=O) groups is 3. The molecule has 0 spiro atoms. The van der Waals surface area contributed by atoms with Crippen LogP contribution in [-0.2, 0) is 25.2 Å². The SMILES string of the molecule is C[C@@H](O[Si](C)(C)C)[C@H]1C(=O)N2C(C(=O)O)=C(c3ccc(CC(N)=O)cc3)C[C@H]12. The summed E-state index contributed by atoms with van der Waals surface area (Å²) in [5.41, 5.74) is 7.41. The Labute approximate surface area is 165 Å². The highest BCUT2D eigenvalue weighted by Gasteiger charge is 2.57. The van der Waals surface area contributed by atoms with Gasteiger partial charge in [0, 0.05) is 0 Å². The van der Waals surface area contributed by atoms with E-state index in [1.807, 2.05) is 6.92 Å². The van der Waals surface area contributed by atoms with Gasteiger partial charge < -0.3 is 20.2 Å². The molecular formula is C20H26N2O5Si. The molecule has 0 radical (unpaired) electrons. The van der Waals surface area contributed by atoms with E-state index in [4.69, 9.17) is 10.2 Å². The summed E-state index contributed by atoms with van der Waals surface area (Å²) >= 11 is 0. The van der Waals surface area contributed by atoms with Crippen LogP contribution in [0.25, 0.3) is 5.57 Å². The van der Waals surface area contributed by atoms with Crippen LogP contribution in [-0.4, -0.2) is 48.3 Å². The molecule has 150 valence electrons. The molecule has 3 rings (SSSR count). The number of rotatable bonds is 7. The third-order valence-corrected chi connectivity index (χ3v) is 6.22. The summed E-state index contributed by atoms with van der Waals surface area (Å²) in [6.45, 7) is 8.10. The van der Waals surface area contributed by atoms with E-state index in [9.17, 15) is 19.5 Å². The zero-order valence-electron chi connectivity index (χ0n) is 16.6. The second-order valence-electron chi connectivity index (χ2n) is 8.41. The Morgan fingerprint density at radius 1 is 1.29 bits per heavy atom. The summed E-state index contributed by atoms with van der Waals surface area (Å²) < 4.78 is 6.09. The Morgan fingerprint density at radius 3 is 2.39 bits per heavy atom. The van der Waals surface area contributed by atoms with Crippen molar-refractivity contribution in [1.82, 2.24) is 4.90 Å². The maximum atomic E-state index is 12.8. The quantitative estimate of drug-likeness (QED) is 0.535. The molecule has 1 aromatic rings. The predicted molar refractivity (Wildman–Crippen MR) is 107 cm³/mol. The molecule has 1 aromatic carbocycles. The Kier molecular flexibility index (Phi) is 5.20. The lowest BCUT2D eigenvalue weighted by molar-refractivity contribution is -0.160. The van der Waals surface area contributed by atoms with E-state index in [0.29, 0.717) is 12.0 Å². The predicted octanol–water partition coefficient (Wildman–Crippen LogP) is 1.98. The van der Waals surface area contributed by atoms with Gasteiger partial charge >= 0.3 is 5.97 Å². The van der Waals surface area contributed by atoms with Crippen molar-refractivity contribution in [2.45, 2.75) is 51.6 Å². The monoisotopic (exact) mass is 402 g/mol. The van der Waals surface area contributed by atoms with Gasteiger partial charge in [0.2, 0.25) is 11.8 Å².